The summed E-state index contributed by atoms with van der Waals surface area (Å²) in [6.45, 7) is 0.307. The summed E-state index contributed by atoms with van der Waals surface area (Å²) in [5.41, 5.74) is 4.76. The molecule has 24 heavy (non-hydrogen) atoms. The highest BCUT2D eigenvalue weighted by atomic mass is 16.5. The average molecular weight is 322 g/mol. The fraction of sp³-hybridized carbons (Fsp3) is 0.300. The third-order valence-corrected chi connectivity index (χ3v) is 5.18. The predicted molar refractivity (Wildman–Crippen MR) is 88.5 cm³/mol. The van der Waals surface area contributed by atoms with Gasteiger partial charge in [-0.15, -0.1) is 0 Å². The number of rotatable bonds is 4. The van der Waals surface area contributed by atoms with Crippen molar-refractivity contribution >= 4 is 11.9 Å². The smallest absolute Gasteiger partial charge is 0.309 e. The lowest BCUT2D eigenvalue weighted by molar-refractivity contribution is -0.158. The number of aliphatic carboxylic acids is 1. The van der Waals surface area contributed by atoms with Gasteiger partial charge in [-0.05, 0) is 35.1 Å². The fourth-order valence-corrected chi connectivity index (χ4v) is 3.73. The van der Waals surface area contributed by atoms with Crippen LogP contribution in [0.2, 0.25) is 0 Å². The lowest BCUT2D eigenvalue weighted by Crippen LogP contribution is -2.36. The van der Waals surface area contributed by atoms with Gasteiger partial charge >= 0.3 is 11.9 Å². The van der Waals surface area contributed by atoms with Crippen LogP contribution in [0.5, 0.6) is 0 Å². The van der Waals surface area contributed by atoms with E-state index >= 15 is 0 Å². The number of ether oxygens (including phenoxy) is 1. The molecule has 2 aliphatic carbocycles. The van der Waals surface area contributed by atoms with Crippen molar-refractivity contribution in [3.8, 4) is 11.1 Å². The van der Waals surface area contributed by atoms with Crippen molar-refractivity contribution < 1.29 is 19.4 Å². The van der Waals surface area contributed by atoms with Crippen molar-refractivity contribution in [3.63, 3.8) is 0 Å². The number of fused-ring (bicyclic) bond motifs is 3. The van der Waals surface area contributed by atoms with Gasteiger partial charge in [0.1, 0.15) is 6.61 Å². The highest BCUT2D eigenvalue weighted by Gasteiger charge is 2.40. The molecule has 1 N–H and O–H groups in total. The van der Waals surface area contributed by atoms with Gasteiger partial charge < -0.3 is 9.84 Å². The van der Waals surface area contributed by atoms with Gasteiger partial charge in [-0.3, -0.25) is 9.59 Å². The molecule has 0 spiro atoms. The summed E-state index contributed by atoms with van der Waals surface area (Å²) in [6, 6.07) is 16.4. The molecule has 0 aromatic heterocycles. The number of benzene rings is 2. The van der Waals surface area contributed by atoms with Crippen molar-refractivity contribution in [2.24, 2.45) is 11.8 Å². The maximum Gasteiger partial charge on any atom is 0.309 e. The van der Waals surface area contributed by atoms with Crippen LogP contribution >= 0.6 is 0 Å². The number of carbonyl (C=O) groups is 2. The van der Waals surface area contributed by atoms with Crippen molar-refractivity contribution in [1.29, 1.82) is 0 Å². The molecule has 0 aliphatic heterocycles. The van der Waals surface area contributed by atoms with Crippen LogP contribution in [0.4, 0.5) is 0 Å². The first-order chi connectivity index (χ1) is 11.6. The van der Waals surface area contributed by atoms with E-state index in [0.717, 1.165) is 0 Å². The summed E-state index contributed by atoms with van der Waals surface area (Å²) in [5, 5.41) is 8.90. The fourth-order valence-electron chi connectivity index (χ4n) is 3.73. The molecule has 2 aliphatic rings. The van der Waals surface area contributed by atoms with E-state index in [1.807, 2.05) is 24.3 Å². The molecule has 4 rings (SSSR count). The lowest BCUT2D eigenvalue weighted by atomic mass is 9.75. The van der Waals surface area contributed by atoms with Crippen molar-refractivity contribution in [2.45, 2.75) is 18.8 Å². The molecule has 0 atom stereocenters. The van der Waals surface area contributed by atoms with Gasteiger partial charge in [-0.2, -0.15) is 0 Å². The molecule has 0 amide bonds. The van der Waals surface area contributed by atoms with Crippen molar-refractivity contribution in [1.82, 2.24) is 0 Å². The highest BCUT2D eigenvalue weighted by molar-refractivity contribution is 5.80. The molecule has 122 valence electrons. The van der Waals surface area contributed by atoms with Gasteiger partial charge in [0.05, 0.1) is 11.8 Å². The number of carboxylic acid groups (broad SMARTS) is 1. The first-order valence-electron chi connectivity index (χ1n) is 8.23. The Labute approximate surface area is 140 Å². The molecule has 2 aromatic rings. The molecule has 4 heteroatoms. The van der Waals surface area contributed by atoms with E-state index in [1.165, 1.54) is 22.3 Å². The van der Waals surface area contributed by atoms with Gasteiger partial charge in [0, 0.05) is 5.92 Å². The second-order valence-corrected chi connectivity index (χ2v) is 6.56. The molecule has 0 heterocycles. The maximum absolute atomic E-state index is 12.2. The van der Waals surface area contributed by atoms with Crippen molar-refractivity contribution in [2.75, 3.05) is 6.61 Å². The predicted octanol–water partition coefficient (Wildman–Crippen LogP) is 3.45. The molecule has 0 saturated heterocycles. The molecule has 0 radical (unpaired) electrons. The quantitative estimate of drug-likeness (QED) is 0.876. The van der Waals surface area contributed by atoms with E-state index < -0.39 is 11.9 Å². The summed E-state index contributed by atoms with van der Waals surface area (Å²) in [4.78, 5) is 23.0. The second-order valence-electron chi connectivity index (χ2n) is 6.56. The minimum Gasteiger partial charge on any atom is -0.481 e. The molecule has 1 fully saturated rings. The standard InChI is InChI=1S/C20H18O4/c21-19(22)12-9-13(10-12)20(23)24-11-18-16-7-3-1-5-14(16)15-6-2-4-8-17(15)18/h1-8,12-13,18H,9-11H2,(H,21,22). The summed E-state index contributed by atoms with van der Waals surface area (Å²) < 4.78 is 5.54. The van der Waals surface area contributed by atoms with Gasteiger partial charge in [0.25, 0.3) is 0 Å². The lowest BCUT2D eigenvalue weighted by Gasteiger charge is -2.30. The normalized spacial score (nSPS) is 21.5. The SMILES string of the molecule is O=C(O)C1CC(C(=O)OCC2c3ccccc3-c3ccccc32)C1. The Kier molecular flexibility index (Phi) is 3.60. The van der Waals surface area contributed by atoms with Crippen LogP contribution < -0.4 is 0 Å². The van der Waals surface area contributed by atoms with E-state index in [9.17, 15) is 9.59 Å². The zero-order valence-electron chi connectivity index (χ0n) is 13.1. The minimum absolute atomic E-state index is 0.0525. The number of carbonyl (C=O) groups excluding carboxylic acids is 1. The number of carboxylic acids is 1. The summed E-state index contributed by atoms with van der Waals surface area (Å²) in [5.74, 6) is -1.70. The summed E-state index contributed by atoms with van der Waals surface area (Å²) >= 11 is 0. The summed E-state index contributed by atoms with van der Waals surface area (Å²) in [7, 11) is 0. The van der Waals surface area contributed by atoms with Crippen LogP contribution in [0.15, 0.2) is 48.5 Å². The molecule has 2 aromatic carbocycles. The largest absolute Gasteiger partial charge is 0.481 e. The van der Waals surface area contributed by atoms with Crippen LogP contribution in [0.1, 0.15) is 29.9 Å². The first kappa shape index (κ1) is 14.9. The van der Waals surface area contributed by atoms with E-state index in [-0.39, 0.29) is 17.8 Å². The zero-order valence-corrected chi connectivity index (χ0v) is 13.1. The molecule has 0 bridgehead atoms. The highest BCUT2D eigenvalue weighted by Crippen LogP contribution is 2.44. The number of esters is 1. The van der Waals surface area contributed by atoms with E-state index in [4.69, 9.17) is 9.84 Å². The Morgan fingerprint density at radius 3 is 2.00 bits per heavy atom. The molecule has 1 saturated carbocycles. The first-order valence-corrected chi connectivity index (χ1v) is 8.23. The van der Waals surface area contributed by atoms with Crippen molar-refractivity contribution in [3.05, 3.63) is 59.7 Å². The van der Waals surface area contributed by atoms with Gasteiger partial charge in [0.15, 0.2) is 0 Å². The van der Waals surface area contributed by atoms with Gasteiger partial charge in [-0.1, -0.05) is 48.5 Å². The van der Waals surface area contributed by atoms with Crippen LogP contribution in [0.3, 0.4) is 0 Å². The third kappa shape index (κ3) is 2.39. The van der Waals surface area contributed by atoms with E-state index in [2.05, 4.69) is 24.3 Å². The van der Waals surface area contributed by atoms with E-state index in [1.54, 1.807) is 0 Å². The Morgan fingerprint density at radius 1 is 0.917 bits per heavy atom. The molecular formula is C20H18O4. The monoisotopic (exact) mass is 322 g/mol. The Bertz CT molecular complexity index is 759. The number of hydrogen-bond donors (Lipinski definition) is 1. The third-order valence-electron chi connectivity index (χ3n) is 5.18. The van der Waals surface area contributed by atoms with Crippen LogP contribution in [-0.2, 0) is 14.3 Å². The second kappa shape index (κ2) is 5.78. The van der Waals surface area contributed by atoms with Gasteiger partial charge in [-0.25, -0.2) is 0 Å². The van der Waals surface area contributed by atoms with Gasteiger partial charge in [0.2, 0.25) is 0 Å². The maximum atomic E-state index is 12.2. The Morgan fingerprint density at radius 2 is 1.46 bits per heavy atom. The molecule has 4 nitrogen and oxygen atoms in total. The molecule has 0 unspecified atom stereocenters. The molecular weight excluding hydrogens is 304 g/mol. The number of hydrogen-bond acceptors (Lipinski definition) is 3. The minimum atomic E-state index is -0.822. The topological polar surface area (TPSA) is 63.6 Å². The van der Waals surface area contributed by atoms with Crippen LogP contribution in [-0.4, -0.2) is 23.7 Å². The zero-order chi connectivity index (χ0) is 16.7. The summed E-state index contributed by atoms with van der Waals surface area (Å²) in [6.07, 6.45) is 0.790. The average Bonchev–Trinajstić information content (AvgIpc) is 2.85. The van der Waals surface area contributed by atoms with E-state index in [0.29, 0.717) is 19.4 Å². The van der Waals surface area contributed by atoms with Crippen LogP contribution in [0, 0.1) is 11.8 Å². The van der Waals surface area contributed by atoms with Crippen LogP contribution in [0.25, 0.3) is 11.1 Å². The Balaban J connectivity index is 1.47. The Hall–Kier alpha value is -2.62.